The van der Waals surface area contributed by atoms with Gasteiger partial charge in [-0.2, -0.15) is 0 Å². The number of hydrogen-bond acceptors (Lipinski definition) is 3. The molecule has 3 nitrogen and oxygen atoms in total. The summed E-state index contributed by atoms with van der Waals surface area (Å²) in [6.45, 7) is 2.82. The van der Waals surface area contributed by atoms with Crippen molar-refractivity contribution in [3.05, 3.63) is 12.3 Å². The van der Waals surface area contributed by atoms with Crippen molar-refractivity contribution in [1.29, 1.82) is 0 Å². The molecule has 0 aliphatic rings. The van der Waals surface area contributed by atoms with Gasteiger partial charge in [-0.05, 0) is 26.1 Å². The predicted octanol–water partition coefficient (Wildman–Crippen LogP) is -0.201. The molecule has 0 aromatic heterocycles. The van der Waals surface area contributed by atoms with Gasteiger partial charge in [0.05, 0.1) is 0 Å². The van der Waals surface area contributed by atoms with E-state index in [0.717, 1.165) is 12.3 Å². The van der Waals surface area contributed by atoms with Crippen LogP contribution in [-0.2, 0) is 4.79 Å². The lowest BCUT2D eigenvalue weighted by Crippen LogP contribution is -2.29. The minimum atomic E-state index is -1.30. The quantitative estimate of drug-likeness (QED) is 0.507. The third kappa shape index (κ3) is 2.87. The monoisotopic (exact) mass is 129 g/mol. The molecule has 0 amide bonds. The molecule has 0 unspecified atom stereocenters. The Bertz CT molecular complexity index is 132. The Morgan fingerprint density at radius 2 is 2.11 bits per heavy atom. The van der Waals surface area contributed by atoms with Crippen LogP contribution in [0.2, 0.25) is 0 Å². The van der Waals surface area contributed by atoms with Gasteiger partial charge in [0, 0.05) is 0 Å². The van der Waals surface area contributed by atoms with Gasteiger partial charge in [0.15, 0.2) is 5.78 Å². The van der Waals surface area contributed by atoms with Crippen molar-refractivity contribution in [3.63, 3.8) is 0 Å². The summed E-state index contributed by atoms with van der Waals surface area (Å²) in [5, 5.41) is 8.96. The molecule has 0 aliphatic carbocycles. The lowest BCUT2D eigenvalue weighted by atomic mass is 10.0. The van der Waals surface area contributed by atoms with Gasteiger partial charge in [-0.15, -0.1) is 0 Å². The van der Waals surface area contributed by atoms with Crippen molar-refractivity contribution in [1.82, 2.24) is 0 Å². The number of rotatable bonds is 2. The number of nitrogens with two attached hydrogens (primary N) is 1. The van der Waals surface area contributed by atoms with Crippen LogP contribution in [0.3, 0.4) is 0 Å². The lowest BCUT2D eigenvalue weighted by Gasteiger charge is -2.11. The molecule has 3 N–H and O–H groups in total. The van der Waals surface area contributed by atoms with Crippen LogP contribution in [0.5, 0.6) is 0 Å². The summed E-state index contributed by atoms with van der Waals surface area (Å²) < 4.78 is 0. The summed E-state index contributed by atoms with van der Waals surface area (Å²) in [7, 11) is 0. The second kappa shape index (κ2) is 2.64. The molecular weight excluding hydrogens is 118 g/mol. The first-order valence-corrected chi connectivity index (χ1v) is 2.63. The van der Waals surface area contributed by atoms with Crippen LogP contribution in [-0.4, -0.2) is 16.5 Å². The van der Waals surface area contributed by atoms with E-state index >= 15 is 0 Å². The van der Waals surface area contributed by atoms with Crippen molar-refractivity contribution < 1.29 is 9.90 Å². The van der Waals surface area contributed by atoms with E-state index in [2.05, 4.69) is 0 Å². The predicted molar refractivity (Wildman–Crippen MR) is 34.6 cm³/mol. The Hall–Kier alpha value is -0.830. The van der Waals surface area contributed by atoms with Crippen LogP contribution in [0.4, 0.5) is 0 Å². The van der Waals surface area contributed by atoms with Crippen LogP contribution in [0.1, 0.15) is 13.8 Å². The number of carbonyl (C=O) groups excluding carboxylic acids is 1. The van der Waals surface area contributed by atoms with Gasteiger partial charge in [0.25, 0.3) is 0 Å². The van der Waals surface area contributed by atoms with Crippen LogP contribution in [0.15, 0.2) is 12.3 Å². The van der Waals surface area contributed by atoms with Crippen molar-refractivity contribution in [3.8, 4) is 0 Å². The standard InChI is InChI=1S/C6H11NO2/c1-6(2,9)5(8)3-4-7/h3-4,9H,7H2,1-2H3/b4-3+. The summed E-state index contributed by atoms with van der Waals surface area (Å²) >= 11 is 0. The van der Waals surface area contributed by atoms with E-state index < -0.39 is 5.60 Å². The molecule has 0 aromatic rings. The molecule has 0 bridgehead atoms. The minimum absolute atomic E-state index is 0.384. The second-order valence-electron chi connectivity index (χ2n) is 2.28. The van der Waals surface area contributed by atoms with E-state index in [0.29, 0.717) is 0 Å². The van der Waals surface area contributed by atoms with Crippen molar-refractivity contribution >= 4 is 5.78 Å². The zero-order valence-corrected chi connectivity index (χ0v) is 5.59. The highest BCUT2D eigenvalue weighted by atomic mass is 16.3. The normalized spacial score (nSPS) is 12.3. The fraction of sp³-hybridized carbons (Fsp3) is 0.500. The maximum absolute atomic E-state index is 10.6. The summed E-state index contributed by atoms with van der Waals surface area (Å²) in [4.78, 5) is 10.6. The maximum Gasteiger partial charge on any atom is 0.188 e. The largest absolute Gasteiger partial charge is 0.404 e. The van der Waals surface area contributed by atoms with E-state index in [-0.39, 0.29) is 5.78 Å². The fourth-order valence-electron chi connectivity index (χ4n) is 0.291. The molecule has 52 valence electrons. The van der Waals surface area contributed by atoms with E-state index in [1.165, 1.54) is 13.8 Å². The van der Waals surface area contributed by atoms with Crippen molar-refractivity contribution in [2.24, 2.45) is 5.73 Å². The highest BCUT2D eigenvalue weighted by Crippen LogP contribution is 2.02. The van der Waals surface area contributed by atoms with Gasteiger partial charge < -0.3 is 10.8 Å². The average molecular weight is 129 g/mol. The molecule has 0 fully saturated rings. The summed E-state index contributed by atoms with van der Waals surface area (Å²) in [6, 6.07) is 0. The molecule has 0 radical (unpaired) electrons. The first-order chi connectivity index (χ1) is 3.98. The summed E-state index contributed by atoms with van der Waals surface area (Å²) in [5.74, 6) is -0.384. The van der Waals surface area contributed by atoms with Gasteiger partial charge in [0.1, 0.15) is 5.60 Å². The molecule has 0 spiro atoms. The van der Waals surface area contributed by atoms with Crippen LogP contribution >= 0.6 is 0 Å². The highest BCUT2D eigenvalue weighted by Gasteiger charge is 2.19. The first kappa shape index (κ1) is 8.17. The molecule has 0 rings (SSSR count). The third-order valence-corrected chi connectivity index (χ3v) is 0.851. The van der Waals surface area contributed by atoms with Gasteiger partial charge >= 0.3 is 0 Å². The molecule has 9 heavy (non-hydrogen) atoms. The lowest BCUT2D eigenvalue weighted by molar-refractivity contribution is -0.128. The zero-order chi connectivity index (χ0) is 7.49. The Balaban J connectivity index is 4.06. The van der Waals surface area contributed by atoms with Gasteiger partial charge in [0.2, 0.25) is 0 Å². The number of aliphatic hydroxyl groups is 1. The second-order valence-corrected chi connectivity index (χ2v) is 2.28. The summed E-state index contributed by atoms with van der Waals surface area (Å²) in [6.07, 6.45) is 2.25. The Morgan fingerprint density at radius 3 is 2.22 bits per heavy atom. The number of ketones is 1. The molecule has 0 atom stereocenters. The number of hydrogen-bond donors (Lipinski definition) is 2. The maximum atomic E-state index is 10.6. The van der Waals surface area contributed by atoms with E-state index in [9.17, 15) is 4.79 Å². The molecule has 0 saturated heterocycles. The van der Waals surface area contributed by atoms with Crippen molar-refractivity contribution in [2.45, 2.75) is 19.4 Å². The smallest absolute Gasteiger partial charge is 0.188 e. The van der Waals surface area contributed by atoms with Gasteiger partial charge in [-0.3, -0.25) is 4.79 Å². The van der Waals surface area contributed by atoms with Gasteiger partial charge in [-0.25, -0.2) is 0 Å². The van der Waals surface area contributed by atoms with E-state index in [1.54, 1.807) is 0 Å². The van der Waals surface area contributed by atoms with Crippen LogP contribution < -0.4 is 5.73 Å². The number of carbonyl (C=O) groups is 1. The van der Waals surface area contributed by atoms with E-state index in [4.69, 9.17) is 10.8 Å². The van der Waals surface area contributed by atoms with Gasteiger partial charge in [-0.1, -0.05) is 0 Å². The SMILES string of the molecule is CC(C)(O)C(=O)/C=C/N. The van der Waals surface area contributed by atoms with Crippen LogP contribution in [0.25, 0.3) is 0 Å². The third-order valence-electron chi connectivity index (χ3n) is 0.851. The van der Waals surface area contributed by atoms with Crippen molar-refractivity contribution in [2.75, 3.05) is 0 Å². The Labute approximate surface area is 54.2 Å². The molecule has 0 heterocycles. The molecule has 3 heteroatoms. The highest BCUT2D eigenvalue weighted by molar-refractivity contribution is 5.95. The first-order valence-electron chi connectivity index (χ1n) is 2.63. The minimum Gasteiger partial charge on any atom is -0.404 e. The Kier molecular flexibility index (Phi) is 2.40. The topological polar surface area (TPSA) is 63.3 Å². The average Bonchev–Trinajstić information content (AvgIpc) is 1.64. The molecule has 0 aliphatic heterocycles. The van der Waals surface area contributed by atoms with E-state index in [1.807, 2.05) is 0 Å². The fourth-order valence-corrected chi connectivity index (χ4v) is 0.291. The summed E-state index contributed by atoms with van der Waals surface area (Å²) in [5.41, 5.74) is 3.62. The van der Waals surface area contributed by atoms with Crippen LogP contribution in [0, 0.1) is 0 Å². The zero-order valence-electron chi connectivity index (χ0n) is 5.59. The molecular formula is C6H11NO2. The molecule has 0 aromatic carbocycles. The molecule has 0 saturated carbocycles. The Morgan fingerprint density at radius 1 is 1.67 bits per heavy atom.